The Bertz CT molecular complexity index is 864. The Balaban J connectivity index is 1.31. The number of rotatable bonds is 8. The molecule has 33 heavy (non-hydrogen) atoms. The van der Waals surface area contributed by atoms with E-state index in [-0.39, 0.29) is 35.5 Å². The Hall–Kier alpha value is -1.70. The van der Waals surface area contributed by atoms with Gasteiger partial charge in [0, 0.05) is 11.3 Å². The van der Waals surface area contributed by atoms with E-state index in [0.29, 0.717) is 22.6 Å². The summed E-state index contributed by atoms with van der Waals surface area (Å²) in [5.74, 6) is 2.91. The van der Waals surface area contributed by atoms with Crippen LogP contribution in [0.1, 0.15) is 88.6 Å². The zero-order valence-corrected chi connectivity index (χ0v) is 20.6. The number of carbonyl (C=O) groups is 2. The van der Waals surface area contributed by atoms with Crippen molar-refractivity contribution in [2.75, 3.05) is 6.61 Å². The van der Waals surface area contributed by atoms with E-state index in [0.717, 1.165) is 43.9 Å². The second kappa shape index (κ2) is 9.16. The molecule has 0 saturated heterocycles. The zero-order valence-electron chi connectivity index (χ0n) is 19.8. The number of thioether (sulfide) groups is 1. The average molecular weight is 476 g/mol. The van der Waals surface area contributed by atoms with Crippen LogP contribution in [-0.2, 0) is 4.79 Å². The molecule has 0 radical (unpaired) electrons. The molecule has 1 heterocycles. The van der Waals surface area contributed by atoms with E-state index >= 15 is 0 Å². The van der Waals surface area contributed by atoms with Gasteiger partial charge in [0.1, 0.15) is 11.5 Å². The highest BCUT2D eigenvalue weighted by Gasteiger charge is 2.49. The lowest BCUT2D eigenvalue weighted by molar-refractivity contribution is -0.131. The molecule has 5 saturated carbocycles. The van der Waals surface area contributed by atoms with Gasteiger partial charge in [-0.05, 0) is 73.8 Å². The van der Waals surface area contributed by atoms with Gasteiger partial charge in [-0.3, -0.25) is 9.59 Å². The summed E-state index contributed by atoms with van der Waals surface area (Å²) in [6.07, 6.45) is 10.9. The van der Waals surface area contributed by atoms with Crippen LogP contribution in [0.25, 0.3) is 0 Å². The molecule has 0 aliphatic heterocycles. The maximum Gasteiger partial charge on any atom is 0.291 e. The van der Waals surface area contributed by atoms with Gasteiger partial charge in [-0.1, -0.05) is 33.1 Å². The Morgan fingerprint density at radius 1 is 1.12 bits per heavy atom. The first-order valence-corrected chi connectivity index (χ1v) is 13.6. The molecule has 0 unspecified atom stereocenters. The topological polar surface area (TPSA) is 107 Å². The van der Waals surface area contributed by atoms with Gasteiger partial charge in [-0.15, -0.1) is 11.8 Å². The lowest BCUT2D eigenvalue weighted by atomic mass is 9.54. The van der Waals surface area contributed by atoms with E-state index < -0.39 is 5.41 Å². The van der Waals surface area contributed by atoms with Crippen molar-refractivity contribution >= 4 is 23.6 Å². The largest absolute Gasteiger partial charge is 0.474 e. The van der Waals surface area contributed by atoms with Gasteiger partial charge in [-0.25, -0.2) is 0 Å². The molecule has 5 aliphatic carbocycles. The molecule has 6 rings (SSSR count). The van der Waals surface area contributed by atoms with E-state index in [4.69, 9.17) is 15.0 Å². The normalized spacial score (nSPS) is 32.2. The van der Waals surface area contributed by atoms with Gasteiger partial charge in [-0.2, -0.15) is 0 Å². The summed E-state index contributed by atoms with van der Waals surface area (Å²) < 4.78 is 11.6. The summed E-state index contributed by atoms with van der Waals surface area (Å²) in [5.41, 5.74) is 5.10. The lowest BCUT2D eigenvalue weighted by Crippen LogP contribution is -2.55. The number of nitrogens with zero attached hydrogens (tertiary/aromatic N) is 1. The Morgan fingerprint density at radius 3 is 2.33 bits per heavy atom. The lowest BCUT2D eigenvalue weighted by Gasteiger charge is -2.54. The smallest absolute Gasteiger partial charge is 0.291 e. The van der Waals surface area contributed by atoms with Crippen molar-refractivity contribution in [3.63, 3.8) is 0 Å². The molecule has 4 bridgehead atoms. The highest BCUT2D eigenvalue weighted by atomic mass is 32.2. The van der Waals surface area contributed by atoms with Gasteiger partial charge in [0.15, 0.2) is 0 Å². The molecular weight excluding hydrogens is 438 g/mol. The second-order valence-corrected chi connectivity index (χ2v) is 12.8. The van der Waals surface area contributed by atoms with Gasteiger partial charge in [0.2, 0.25) is 11.7 Å². The van der Waals surface area contributed by atoms with Crippen molar-refractivity contribution in [2.24, 2.45) is 34.8 Å². The van der Waals surface area contributed by atoms with Crippen molar-refractivity contribution in [2.45, 2.75) is 94.2 Å². The summed E-state index contributed by atoms with van der Waals surface area (Å²) in [4.78, 5) is 26.2. The number of hydrogen-bond donors (Lipinski definition) is 2. The number of primary amides is 1. The number of ether oxygens (including phenoxy) is 1. The van der Waals surface area contributed by atoms with Gasteiger partial charge in [0.25, 0.3) is 11.8 Å². The molecule has 0 spiro atoms. The fourth-order valence-corrected chi connectivity index (χ4v) is 8.02. The van der Waals surface area contributed by atoms with Gasteiger partial charge >= 0.3 is 0 Å². The maximum absolute atomic E-state index is 13.3. The van der Waals surface area contributed by atoms with Crippen LogP contribution >= 0.6 is 11.8 Å². The minimum absolute atomic E-state index is 0.178. The monoisotopic (exact) mass is 475 g/mol. The summed E-state index contributed by atoms with van der Waals surface area (Å²) in [6, 6.07) is 0.233. The fourth-order valence-electron chi connectivity index (χ4n) is 7.12. The van der Waals surface area contributed by atoms with E-state index in [1.54, 1.807) is 0 Å². The third kappa shape index (κ3) is 4.52. The molecule has 5 aliphatic rings. The van der Waals surface area contributed by atoms with Crippen LogP contribution in [0.4, 0.5) is 0 Å². The molecule has 182 valence electrons. The second-order valence-electron chi connectivity index (χ2n) is 11.2. The van der Waals surface area contributed by atoms with Crippen LogP contribution in [-0.4, -0.2) is 34.9 Å². The summed E-state index contributed by atoms with van der Waals surface area (Å²) in [7, 11) is 0. The molecule has 7 nitrogen and oxygen atoms in total. The zero-order chi connectivity index (χ0) is 23.2. The van der Waals surface area contributed by atoms with E-state index in [1.165, 1.54) is 43.9 Å². The number of amides is 2. The first-order valence-electron chi connectivity index (χ1n) is 12.7. The summed E-state index contributed by atoms with van der Waals surface area (Å²) >= 11 is 1.51. The third-order valence-electron chi connectivity index (χ3n) is 8.52. The van der Waals surface area contributed by atoms with Crippen molar-refractivity contribution in [1.82, 2.24) is 10.5 Å². The molecule has 0 atom stereocenters. The molecule has 0 aromatic carbocycles. The Kier molecular flexibility index (Phi) is 6.40. The quantitative estimate of drug-likeness (QED) is 0.534. The van der Waals surface area contributed by atoms with Gasteiger partial charge < -0.3 is 20.3 Å². The minimum Gasteiger partial charge on any atom is -0.474 e. The molecule has 1 aromatic rings. The molecule has 8 heteroatoms. The van der Waals surface area contributed by atoms with Crippen LogP contribution in [0.5, 0.6) is 5.88 Å². The molecule has 3 N–H and O–H groups in total. The van der Waals surface area contributed by atoms with Crippen molar-refractivity contribution in [3.05, 3.63) is 5.76 Å². The van der Waals surface area contributed by atoms with Crippen LogP contribution in [0.3, 0.4) is 0 Å². The minimum atomic E-state index is -0.667. The van der Waals surface area contributed by atoms with Crippen molar-refractivity contribution in [1.29, 1.82) is 0 Å². The predicted molar refractivity (Wildman–Crippen MR) is 126 cm³/mol. The van der Waals surface area contributed by atoms with Crippen LogP contribution < -0.4 is 15.8 Å². The molecule has 1 aromatic heterocycles. The highest BCUT2D eigenvalue weighted by molar-refractivity contribution is 8.00. The molecule has 2 amide bonds. The van der Waals surface area contributed by atoms with Crippen molar-refractivity contribution in [3.8, 4) is 5.88 Å². The SMILES string of the molecule is CC(C)Sc1c(OCC2(C(N)=O)CCCCC2)noc1C(=O)NC1C2CC3CC(C2)CC1C3. The molecule has 5 fully saturated rings. The fraction of sp³-hybridized carbons (Fsp3) is 0.800. The average Bonchev–Trinajstić information content (AvgIpc) is 3.16. The van der Waals surface area contributed by atoms with Crippen LogP contribution in [0, 0.1) is 29.1 Å². The third-order valence-corrected chi connectivity index (χ3v) is 9.59. The van der Waals surface area contributed by atoms with Gasteiger partial charge in [0.05, 0.1) is 5.41 Å². The van der Waals surface area contributed by atoms with E-state index in [9.17, 15) is 9.59 Å². The van der Waals surface area contributed by atoms with E-state index in [1.807, 2.05) is 0 Å². The first-order chi connectivity index (χ1) is 15.8. The number of carbonyl (C=O) groups excluding carboxylic acids is 2. The standard InChI is InChI=1S/C25H37N3O4S/c1-14(2)33-21-20(22(29)27-19-17-9-15-8-16(11-17)12-18(19)10-15)32-28-23(21)31-13-25(24(26)30)6-4-3-5-7-25/h14-19H,3-13H2,1-2H3,(H2,26,30)(H,27,29). The molecular formula is C25H37N3O4S. The summed E-state index contributed by atoms with van der Waals surface area (Å²) in [5, 5.41) is 7.66. The number of nitrogens with one attached hydrogen (secondary N) is 1. The van der Waals surface area contributed by atoms with E-state index in [2.05, 4.69) is 24.3 Å². The highest BCUT2D eigenvalue weighted by Crippen LogP contribution is 2.53. The van der Waals surface area contributed by atoms with Crippen LogP contribution in [0.2, 0.25) is 0 Å². The number of nitrogens with two attached hydrogens (primary N) is 1. The predicted octanol–water partition coefficient (Wildman–Crippen LogP) is 4.54. The number of aromatic nitrogens is 1. The Morgan fingerprint density at radius 2 is 1.76 bits per heavy atom. The first kappa shape index (κ1) is 23.1. The Labute approximate surface area is 200 Å². The summed E-state index contributed by atoms with van der Waals surface area (Å²) in [6.45, 7) is 4.30. The van der Waals surface area contributed by atoms with Crippen LogP contribution in [0.15, 0.2) is 9.42 Å². The van der Waals surface area contributed by atoms with Crippen molar-refractivity contribution < 1.29 is 18.8 Å². The maximum atomic E-state index is 13.3. The number of hydrogen-bond acceptors (Lipinski definition) is 6.